The Morgan fingerprint density at radius 2 is 1.73 bits per heavy atom. The summed E-state index contributed by atoms with van der Waals surface area (Å²) >= 11 is 0. The van der Waals surface area contributed by atoms with Gasteiger partial charge in [0.2, 0.25) is 10.0 Å². The molecule has 1 amide bonds. The van der Waals surface area contributed by atoms with Crippen LogP contribution in [0.25, 0.3) is 0 Å². The predicted molar refractivity (Wildman–Crippen MR) is 121 cm³/mol. The minimum atomic E-state index is -4.49. The van der Waals surface area contributed by atoms with Crippen LogP contribution >= 0.6 is 0 Å². The SMILES string of the molecule is CC(NC(=O)c1cc(S(=O)(=O)N(C)C)ccc1N1CCCCC1)c1cccc(C(F)(F)F)c1. The van der Waals surface area contributed by atoms with E-state index in [0.717, 1.165) is 48.8 Å². The van der Waals surface area contributed by atoms with Crippen molar-refractivity contribution in [3.8, 4) is 0 Å². The fraction of sp³-hybridized carbons (Fsp3) is 0.435. The van der Waals surface area contributed by atoms with Crippen molar-refractivity contribution in [2.45, 2.75) is 43.3 Å². The fourth-order valence-electron chi connectivity index (χ4n) is 3.82. The second-order valence-corrected chi connectivity index (χ2v) is 10.5. The number of carbonyl (C=O) groups excluding carboxylic acids is 1. The molecule has 10 heteroatoms. The number of nitrogens with zero attached hydrogens (tertiary/aromatic N) is 2. The minimum Gasteiger partial charge on any atom is -0.371 e. The smallest absolute Gasteiger partial charge is 0.371 e. The van der Waals surface area contributed by atoms with Crippen LogP contribution in [0.5, 0.6) is 0 Å². The van der Waals surface area contributed by atoms with E-state index in [1.54, 1.807) is 13.0 Å². The van der Waals surface area contributed by atoms with Gasteiger partial charge in [0.1, 0.15) is 0 Å². The number of nitrogens with one attached hydrogen (secondary N) is 1. The van der Waals surface area contributed by atoms with Gasteiger partial charge in [-0.1, -0.05) is 12.1 Å². The number of anilines is 1. The third kappa shape index (κ3) is 5.67. The van der Waals surface area contributed by atoms with E-state index in [4.69, 9.17) is 0 Å². The summed E-state index contributed by atoms with van der Waals surface area (Å²) in [6.45, 7) is 3.07. The van der Waals surface area contributed by atoms with E-state index in [1.807, 2.05) is 4.90 Å². The number of hydrogen-bond donors (Lipinski definition) is 1. The molecule has 0 aromatic heterocycles. The zero-order chi connectivity index (χ0) is 24.4. The number of carbonyl (C=O) groups is 1. The summed E-state index contributed by atoms with van der Waals surface area (Å²) in [5.41, 5.74) is 0.295. The number of piperidine rings is 1. The maximum Gasteiger partial charge on any atom is 0.416 e. The summed E-state index contributed by atoms with van der Waals surface area (Å²) in [6.07, 6.45) is -1.49. The molecule has 180 valence electrons. The first-order valence-corrected chi connectivity index (χ1v) is 12.1. The van der Waals surface area contributed by atoms with Crippen LogP contribution in [-0.2, 0) is 16.2 Å². The molecular weight excluding hydrogens is 455 g/mol. The van der Waals surface area contributed by atoms with Crippen molar-refractivity contribution >= 4 is 21.6 Å². The van der Waals surface area contributed by atoms with Gasteiger partial charge in [0.05, 0.1) is 22.1 Å². The van der Waals surface area contributed by atoms with E-state index >= 15 is 0 Å². The van der Waals surface area contributed by atoms with Crippen LogP contribution in [-0.4, -0.2) is 45.8 Å². The molecule has 1 fully saturated rings. The molecule has 1 N–H and O–H groups in total. The monoisotopic (exact) mass is 483 g/mol. The van der Waals surface area contributed by atoms with Crippen molar-refractivity contribution in [1.29, 1.82) is 0 Å². The highest BCUT2D eigenvalue weighted by molar-refractivity contribution is 7.89. The Morgan fingerprint density at radius 3 is 2.33 bits per heavy atom. The molecule has 2 aromatic carbocycles. The van der Waals surface area contributed by atoms with Crippen molar-refractivity contribution in [2.75, 3.05) is 32.1 Å². The lowest BCUT2D eigenvalue weighted by molar-refractivity contribution is -0.137. The van der Waals surface area contributed by atoms with Crippen LogP contribution in [0.4, 0.5) is 18.9 Å². The fourth-order valence-corrected chi connectivity index (χ4v) is 4.75. The second-order valence-electron chi connectivity index (χ2n) is 8.33. The number of benzene rings is 2. The van der Waals surface area contributed by atoms with Crippen LogP contribution < -0.4 is 10.2 Å². The summed E-state index contributed by atoms with van der Waals surface area (Å²) in [6, 6.07) is 8.52. The van der Waals surface area contributed by atoms with Gasteiger partial charge in [0.15, 0.2) is 0 Å². The maximum atomic E-state index is 13.3. The van der Waals surface area contributed by atoms with E-state index in [0.29, 0.717) is 11.3 Å². The Balaban J connectivity index is 1.96. The van der Waals surface area contributed by atoms with Gasteiger partial charge in [-0.05, 0) is 62.1 Å². The normalized spacial score (nSPS) is 16.0. The summed E-state index contributed by atoms with van der Waals surface area (Å²) < 4.78 is 65.6. The summed E-state index contributed by atoms with van der Waals surface area (Å²) in [5, 5.41) is 2.74. The highest BCUT2D eigenvalue weighted by atomic mass is 32.2. The van der Waals surface area contributed by atoms with Crippen molar-refractivity contribution in [2.24, 2.45) is 0 Å². The third-order valence-corrected chi connectivity index (χ3v) is 7.56. The summed E-state index contributed by atoms with van der Waals surface area (Å²) in [4.78, 5) is 15.3. The molecule has 0 bridgehead atoms. The van der Waals surface area contributed by atoms with Crippen LogP contribution in [0.2, 0.25) is 0 Å². The van der Waals surface area contributed by atoms with E-state index in [2.05, 4.69) is 5.32 Å². The first-order chi connectivity index (χ1) is 15.4. The highest BCUT2D eigenvalue weighted by Crippen LogP contribution is 2.32. The van der Waals surface area contributed by atoms with Crippen LogP contribution in [0.15, 0.2) is 47.4 Å². The zero-order valence-electron chi connectivity index (χ0n) is 18.8. The first kappa shape index (κ1) is 25.0. The molecular formula is C23H28F3N3O3S. The number of amides is 1. The zero-order valence-corrected chi connectivity index (χ0v) is 19.6. The quantitative estimate of drug-likeness (QED) is 0.660. The lowest BCUT2D eigenvalue weighted by Crippen LogP contribution is -2.34. The van der Waals surface area contributed by atoms with Gasteiger partial charge in [-0.15, -0.1) is 0 Å². The van der Waals surface area contributed by atoms with Crippen LogP contribution in [0.3, 0.4) is 0 Å². The molecule has 0 spiro atoms. The first-order valence-electron chi connectivity index (χ1n) is 10.7. The second kappa shape index (κ2) is 9.72. The highest BCUT2D eigenvalue weighted by Gasteiger charge is 2.31. The Kier molecular flexibility index (Phi) is 7.38. The summed E-state index contributed by atoms with van der Waals surface area (Å²) in [5.74, 6) is -0.545. The van der Waals surface area contributed by atoms with Crippen molar-refractivity contribution in [1.82, 2.24) is 9.62 Å². The third-order valence-electron chi connectivity index (χ3n) is 5.75. The molecule has 33 heavy (non-hydrogen) atoms. The molecule has 3 rings (SSSR count). The molecule has 1 aliphatic rings. The topological polar surface area (TPSA) is 69.7 Å². The van der Waals surface area contributed by atoms with Crippen LogP contribution in [0.1, 0.15) is 53.7 Å². The van der Waals surface area contributed by atoms with Gasteiger partial charge in [-0.2, -0.15) is 13.2 Å². The standard InChI is InChI=1S/C23H28F3N3O3S/c1-16(17-8-7-9-18(14-17)23(24,25)26)27-22(30)20-15-19(33(31,32)28(2)3)10-11-21(20)29-12-5-4-6-13-29/h7-11,14-16H,4-6,12-13H2,1-3H3,(H,27,30). The molecule has 6 nitrogen and oxygen atoms in total. The Bertz CT molecular complexity index is 1110. The molecule has 0 saturated carbocycles. The van der Waals surface area contributed by atoms with E-state index < -0.39 is 33.7 Å². The van der Waals surface area contributed by atoms with Gasteiger partial charge in [-0.25, -0.2) is 12.7 Å². The Labute approximate surface area is 192 Å². The molecule has 0 aliphatic carbocycles. The van der Waals surface area contributed by atoms with Crippen molar-refractivity contribution in [3.05, 3.63) is 59.2 Å². The molecule has 1 aliphatic heterocycles. The maximum absolute atomic E-state index is 13.3. The average molecular weight is 484 g/mol. The van der Waals surface area contributed by atoms with E-state index in [-0.39, 0.29) is 10.5 Å². The lowest BCUT2D eigenvalue weighted by atomic mass is 10.0. The molecule has 2 aromatic rings. The largest absolute Gasteiger partial charge is 0.416 e. The Morgan fingerprint density at radius 1 is 1.06 bits per heavy atom. The minimum absolute atomic E-state index is 0.0230. The van der Waals surface area contributed by atoms with Gasteiger partial charge in [-0.3, -0.25) is 4.79 Å². The molecule has 1 atom stereocenters. The van der Waals surface area contributed by atoms with E-state index in [1.165, 1.54) is 38.4 Å². The molecule has 1 saturated heterocycles. The number of sulfonamides is 1. The number of hydrogen-bond acceptors (Lipinski definition) is 4. The van der Waals surface area contributed by atoms with Crippen molar-refractivity contribution < 1.29 is 26.4 Å². The Hall–Kier alpha value is -2.59. The average Bonchev–Trinajstić information content (AvgIpc) is 2.78. The van der Waals surface area contributed by atoms with E-state index in [9.17, 15) is 26.4 Å². The van der Waals surface area contributed by atoms with Gasteiger partial charge in [0, 0.05) is 32.9 Å². The summed E-state index contributed by atoms with van der Waals surface area (Å²) in [7, 11) is -0.961. The molecule has 1 unspecified atom stereocenters. The molecule has 0 radical (unpaired) electrons. The van der Waals surface area contributed by atoms with Gasteiger partial charge >= 0.3 is 6.18 Å². The lowest BCUT2D eigenvalue weighted by Gasteiger charge is -2.31. The van der Waals surface area contributed by atoms with Gasteiger partial charge in [0.25, 0.3) is 5.91 Å². The van der Waals surface area contributed by atoms with Gasteiger partial charge < -0.3 is 10.2 Å². The molecule has 1 heterocycles. The number of alkyl halides is 3. The van der Waals surface area contributed by atoms with Crippen LogP contribution in [0, 0.1) is 0 Å². The number of halogens is 3. The number of rotatable bonds is 6. The predicted octanol–water partition coefficient (Wildman–Crippen LogP) is 4.44. The van der Waals surface area contributed by atoms with Crippen molar-refractivity contribution in [3.63, 3.8) is 0 Å².